The molecule has 1 aromatic heterocycles. The number of nitrogens with zero attached hydrogens (tertiary/aromatic N) is 2. The summed E-state index contributed by atoms with van der Waals surface area (Å²) in [4.78, 5) is 6.59. The van der Waals surface area contributed by atoms with Crippen LogP contribution in [0.15, 0.2) is 42.6 Å². The summed E-state index contributed by atoms with van der Waals surface area (Å²) in [6.07, 6.45) is 2.93. The predicted octanol–water partition coefficient (Wildman–Crippen LogP) is 4.75. The summed E-state index contributed by atoms with van der Waals surface area (Å²) in [5.41, 5.74) is 2.38. The molecular weight excluding hydrogens is 282 g/mol. The van der Waals surface area contributed by atoms with Crippen LogP contribution in [-0.2, 0) is 0 Å². The smallest absolute Gasteiger partial charge is 0.127 e. The van der Waals surface area contributed by atoms with Crippen molar-refractivity contribution in [2.24, 2.45) is 0 Å². The molecule has 1 unspecified atom stereocenters. The van der Waals surface area contributed by atoms with Crippen LogP contribution in [0, 0.1) is 0 Å². The molecule has 0 fully saturated rings. The minimum Gasteiger partial charge on any atom is -0.370 e. The first kappa shape index (κ1) is 15.6. The first-order chi connectivity index (χ1) is 10.1. The maximum Gasteiger partial charge on any atom is 0.127 e. The molecule has 21 heavy (non-hydrogen) atoms. The van der Waals surface area contributed by atoms with E-state index in [1.165, 1.54) is 5.56 Å². The lowest BCUT2D eigenvalue weighted by atomic mass is 10.1. The number of hydrogen-bond donors (Lipinski definition) is 1. The molecule has 0 bridgehead atoms. The van der Waals surface area contributed by atoms with Crippen LogP contribution in [0.2, 0.25) is 5.02 Å². The molecule has 112 valence electrons. The highest BCUT2D eigenvalue weighted by atomic mass is 35.5. The Kier molecular flexibility index (Phi) is 5.45. The van der Waals surface area contributed by atoms with E-state index >= 15 is 0 Å². The minimum atomic E-state index is 0.267. The molecule has 0 aliphatic rings. The van der Waals surface area contributed by atoms with E-state index in [1.807, 2.05) is 24.4 Å². The predicted molar refractivity (Wildman–Crippen MR) is 91.3 cm³/mol. The van der Waals surface area contributed by atoms with E-state index in [4.69, 9.17) is 11.6 Å². The van der Waals surface area contributed by atoms with Crippen LogP contribution in [0.1, 0.15) is 31.9 Å². The van der Waals surface area contributed by atoms with Crippen LogP contribution in [0.4, 0.5) is 11.5 Å². The van der Waals surface area contributed by atoms with Gasteiger partial charge in [0, 0.05) is 36.6 Å². The van der Waals surface area contributed by atoms with Gasteiger partial charge in [-0.25, -0.2) is 4.98 Å². The summed E-state index contributed by atoms with van der Waals surface area (Å²) in [7, 11) is 2.10. The van der Waals surface area contributed by atoms with Crippen LogP contribution in [0.25, 0.3) is 0 Å². The van der Waals surface area contributed by atoms with E-state index in [-0.39, 0.29) is 6.04 Å². The molecule has 0 spiro atoms. The molecule has 0 aliphatic heterocycles. The van der Waals surface area contributed by atoms with Crippen molar-refractivity contribution in [2.45, 2.75) is 26.3 Å². The summed E-state index contributed by atoms with van der Waals surface area (Å²) in [5.74, 6) is 0.921. The van der Waals surface area contributed by atoms with Gasteiger partial charge in [-0.3, -0.25) is 0 Å². The van der Waals surface area contributed by atoms with Crippen molar-refractivity contribution < 1.29 is 0 Å². The average molecular weight is 304 g/mol. The van der Waals surface area contributed by atoms with E-state index in [0.29, 0.717) is 0 Å². The highest BCUT2D eigenvalue weighted by Crippen LogP contribution is 2.27. The van der Waals surface area contributed by atoms with Crippen LogP contribution in [0.5, 0.6) is 0 Å². The molecule has 3 nitrogen and oxygen atoms in total. The Labute approximate surface area is 132 Å². The molecule has 0 saturated carbocycles. The monoisotopic (exact) mass is 303 g/mol. The number of pyridine rings is 1. The molecule has 1 aromatic carbocycles. The molecule has 1 N–H and O–H groups in total. The van der Waals surface area contributed by atoms with E-state index in [1.54, 1.807) is 0 Å². The van der Waals surface area contributed by atoms with Crippen molar-refractivity contribution in [3.8, 4) is 0 Å². The van der Waals surface area contributed by atoms with Gasteiger partial charge in [0.25, 0.3) is 0 Å². The van der Waals surface area contributed by atoms with Crippen molar-refractivity contribution in [3.05, 3.63) is 53.2 Å². The Bertz CT molecular complexity index is 569. The first-order valence-corrected chi connectivity index (χ1v) is 7.68. The Balaban J connectivity index is 2.14. The molecular formula is C17H22ClN3. The Morgan fingerprint density at radius 1 is 1.24 bits per heavy atom. The third-order valence-corrected chi connectivity index (χ3v) is 3.89. The lowest BCUT2D eigenvalue weighted by molar-refractivity contribution is 0.739. The molecule has 4 heteroatoms. The Hall–Kier alpha value is -1.74. The van der Waals surface area contributed by atoms with E-state index < -0.39 is 0 Å². The normalized spacial score (nSPS) is 12.0. The van der Waals surface area contributed by atoms with Crippen LogP contribution in [0.3, 0.4) is 0 Å². The molecule has 0 saturated heterocycles. The van der Waals surface area contributed by atoms with Gasteiger partial charge in [0.1, 0.15) is 5.82 Å². The molecule has 1 atom stereocenters. The number of anilines is 2. The second-order valence-electron chi connectivity index (χ2n) is 5.16. The van der Waals surface area contributed by atoms with Crippen molar-refractivity contribution in [2.75, 3.05) is 23.8 Å². The number of benzene rings is 1. The standard InChI is InChI=1S/C17H22ClN3/c1-4-10-19-17-12-16(9-11-20-17)21(3)13(2)14-5-7-15(18)8-6-14/h5-9,11-13H,4,10H2,1-3H3,(H,19,20). The molecule has 0 radical (unpaired) electrons. The molecule has 2 aromatic rings. The maximum atomic E-state index is 5.95. The zero-order valence-corrected chi connectivity index (χ0v) is 13.6. The Morgan fingerprint density at radius 2 is 1.95 bits per heavy atom. The van der Waals surface area contributed by atoms with Crippen LogP contribution >= 0.6 is 11.6 Å². The highest BCUT2D eigenvalue weighted by molar-refractivity contribution is 6.30. The fourth-order valence-electron chi connectivity index (χ4n) is 2.18. The number of hydrogen-bond acceptors (Lipinski definition) is 3. The van der Waals surface area contributed by atoms with Crippen molar-refractivity contribution in [3.63, 3.8) is 0 Å². The third kappa shape index (κ3) is 4.11. The fraction of sp³-hybridized carbons (Fsp3) is 0.353. The fourth-order valence-corrected chi connectivity index (χ4v) is 2.30. The van der Waals surface area contributed by atoms with Gasteiger partial charge in [0.15, 0.2) is 0 Å². The average Bonchev–Trinajstić information content (AvgIpc) is 2.52. The second kappa shape index (κ2) is 7.32. The largest absolute Gasteiger partial charge is 0.370 e. The lowest BCUT2D eigenvalue weighted by Crippen LogP contribution is -2.21. The number of rotatable bonds is 6. The topological polar surface area (TPSA) is 28.2 Å². The van der Waals surface area contributed by atoms with Gasteiger partial charge in [-0.1, -0.05) is 30.7 Å². The summed E-state index contributed by atoms with van der Waals surface area (Å²) in [6.45, 7) is 5.27. The summed E-state index contributed by atoms with van der Waals surface area (Å²) < 4.78 is 0. The SMILES string of the molecule is CCCNc1cc(N(C)C(C)c2ccc(Cl)cc2)ccn1. The highest BCUT2D eigenvalue weighted by Gasteiger charge is 2.12. The molecule has 0 amide bonds. The zero-order valence-electron chi connectivity index (χ0n) is 12.8. The van der Waals surface area contributed by atoms with Gasteiger partial charge in [0.05, 0.1) is 6.04 Å². The van der Waals surface area contributed by atoms with Gasteiger partial charge in [0.2, 0.25) is 0 Å². The van der Waals surface area contributed by atoms with Crippen molar-refractivity contribution in [1.82, 2.24) is 4.98 Å². The maximum absolute atomic E-state index is 5.95. The molecule has 0 aliphatic carbocycles. The number of halogens is 1. The van der Waals surface area contributed by atoms with Crippen molar-refractivity contribution in [1.29, 1.82) is 0 Å². The summed E-state index contributed by atoms with van der Waals surface area (Å²) in [6, 6.07) is 12.4. The molecule has 1 heterocycles. The zero-order chi connectivity index (χ0) is 15.2. The van der Waals surface area contributed by atoms with Gasteiger partial charge >= 0.3 is 0 Å². The minimum absolute atomic E-state index is 0.267. The third-order valence-electron chi connectivity index (χ3n) is 3.64. The lowest BCUT2D eigenvalue weighted by Gasteiger charge is -2.27. The quantitative estimate of drug-likeness (QED) is 0.834. The van der Waals surface area contributed by atoms with Gasteiger partial charge in [-0.15, -0.1) is 0 Å². The van der Waals surface area contributed by atoms with E-state index in [2.05, 4.69) is 54.3 Å². The first-order valence-electron chi connectivity index (χ1n) is 7.30. The van der Waals surface area contributed by atoms with E-state index in [9.17, 15) is 0 Å². The van der Waals surface area contributed by atoms with Crippen molar-refractivity contribution >= 4 is 23.1 Å². The summed E-state index contributed by atoms with van der Waals surface area (Å²) in [5, 5.41) is 4.09. The van der Waals surface area contributed by atoms with Gasteiger partial charge in [-0.2, -0.15) is 0 Å². The van der Waals surface area contributed by atoms with Crippen LogP contribution < -0.4 is 10.2 Å². The van der Waals surface area contributed by atoms with Crippen LogP contribution in [-0.4, -0.2) is 18.6 Å². The number of nitrogens with one attached hydrogen (secondary N) is 1. The Morgan fingerprint density at radius 3 is 2.62 bits per heavy atom. The molecule has 2 rings (SSSR count). The van der Waals surface area contributed by atoms with Gasteiger partial charge in [-0.05, 0) is 37.1 Å². The van der Waals surface area contributed by atoms with E-state index in [0.717, 1.165) is 29.5 Å². The second-order valence-corrected chi connectivity index (χ2v) is 5.60. The van der Waals surface area contributed by atoms with Gasteiger partial charge < -0.3 is 10.2 Å². The summed E-state index contributed by atoms with van der Waals surface area (Å²) >= 11 is 5.95. The number of aromatic nitrogens is 1.